The van der Waals surface area contributed by atoms with Crippen LogP contribution in [0.1, 0.15) is 25.1 Å². The number of carbonyl (C=O) groups excluding carboxylic acids is 1. The largest absolute Gasteiger partial charge is 0.423 e. The lowest BCUT2D eigenvalue weighted by atomic mass is 9.94. The van der Waals surface area contributed by atoms with E-state index in [1.54, 1.807) is 12.1 Å². The maximum absolute atomic E-state index is 13.7. The molecule has 0 aliphatic heterocycles. The molecule has 0 radical (unpaired) electrons. The highest BCUT2D eigenvalue weighted by molar-refractivity contribution is 7.43. The Morgan fingerprint density at radius 1 is 1.20 bits per heavy atom. The predicted octanol–water partition coefficient (Wildman–Crippen LogP) is 5.76. The highest BCUT2D eigenvalue weighted by Crippen LogP contribution is 2.46. The molecule has 0 amide bonds. The summed E-state index contributed by atoms with van der Waals surface area (Å²) in [6.07, 6.45) is 0.120. The van der Waals surface area contributed by atoms with Crippen LogP contribution >= 0.6 is 8.03 Å². The van der Waals surface area contributed by atoms with Crippen molar-refractivity contribution in [1.82, 2.24) is 4.98 Å². The minimum Gasteiger partial charge on any atom is -0.423 e. The molecule has 0 saturated carbocycles. The quantitative estimate of drug-likeness (QED) is 0.230. The normalized spacial score (nSPS) is 14.6. The summed E-state index contributed by atoms with van der Waals surface area (Å²) in [7, 11) is -1.93. The molecule has 0 aliphatic carbocycles. The van der Waals surface area contributed by atoms with Gasteiger partial charge in [-0.1, -0.05) is 55.5 Å². The molecule has 2 aromatic carbocycles. The average molecular weight is 498 g/mol. The number of aliphatic hydroxyl groups is 1. The third-order valence-electron chi connectivity index (χ3n) is 6.02. The standard InChI is InChI=1S/C27H29FNO5P/c1-6-22-25(34-26(31)27(7-2,18(4)30)35(32)33-5)23(19-13-15-21(28)16-14-19)17(3)24(29-22)20-11-9-8-10-12-20/h7-16,18,30,35H,2,6H2,1,3-5H3. The van der Waals surface area contributed by atoms with Gasteiger partial charge in [-0.25, -0.2) is 14.2 Å². The van der Waals surface area contributed by atoms with Crippen LogP contribution in [0.25, 0.3) is 22.4 Å². The molecule has 0 aliphatic rings. The number of aliphatic hydroxyl groups excluding tert-OH is 1. The topological polar surface area (TPSA) is 85.7 Å². The van der Waals surface area contributed by atoms with Gasteiger partial charge in [0.1, 0.15) is 5.82 Å². The molecule has 6 nitrogen and oxygen atoms in total. The third-order valence-corrected chi connectivity index (χ3v) is 7.89. The number of hydrogen-bond donors (Lipinski definition) is 1. The van der Waals surface area contributed by atoms with Crippen LogP contribution < -0.4 is 4.74 Å². The van der Waals surface area contributed by atoms with Crippen LogP contribution in [0.4, 0.5) is 4.39 Å². The van der Waals surface area contributed by atoms with E-state index in [-0.39, 0.29) is 5.75 Å². The van der Waals surface area contributed by atoms with Crippen LogP contribution in [0.3, 0.4) is 0 Å². The molecule has 3 atom stereocenters. The minimum atomic E-state index is -3.12. The number of aromatic nitrogens is 1. The lowest BCUT2D eigenvalue weighted by Gasteiger charge is -2.30. The molecular weight excluding hydrogens is 468 g/mol. The molecule has 1 N–H and O–H groups in total. The molecule has 0 spiro atoms. The summed E-state index contributed by atoms with van der Waals surface area (Å²) in [6.45, 7) is 8.66. The Bertz CT molecular complexity index is 1240. The Morgan fingerprint density at radius 3 is 2.34 bits per heavy atom. The first-order valence-corrected chi connectivity index (χ1v) is 12.5. The van der Waals surface area contributed by atoms with Gasteiger partial charge in [0.05, 0.1) is 17.5 Å². The Balaban J connectivity index is 2.30. The van der Waals surface area contributed by atoms with Crippen molar-refractivity contribution in [1.29, 1.82) is 0 Å². The van der Waals surface area contributed by atoms with E-state index in [4.69, 9.17) is 14.2 Å². The summed E-state index contributed by atoms with van der Waals surface area (Å²) < 4.78 is 37.4. The SMILES string of the molecule is C=CC(C(=O)Oc1c(CC)nc(-c2ccccc2)c(C)c1-c1ccc(F)cc1)(C(C)O)[PH](=O)OC. The molecule has 0 fully saturated rings. The second-order valence-electron chi connectivity index (χ2n) is 8.09. The molecule has 3 unspecified atom stereocenters. The number of benzene rings is 2. The number of esters is 1. The van der Waals surface area contributed by atoms with Crippen molar-refractivity contribution in [3.05, 3.63) is 84.3 Å². The van der Waals surface area contributed by atoms with Crippen LogP contribution in [0, 0.1) is 12.7 Å². The van der Waals surface area contributed by atoms with E-state index in [9.17, 15) is 18.9 Å². The number of carbonyl (C=O) groups is 1. The van der Waals surface area contributed by atoms with Crippen LogP contribution in [0.2, 0.25) is 0 Å². The predicted molar refractivity (Wildman–Crippen MR) is 135 cm³/mol. The van der Waals surface area contributed by atoms with E-state index in [2.05, 4.69) is 6.58 Å². The summed E-state index contributed by atoms with van der Waals surface area (Å²) in [5.41, 5.74) is 3.91. The third kappa shape index (κ3) is 4.98. The maximum atomic E-state index is 13.7. The van der Waals surface area contributed by atoms with Gasteiger partial charge in [-0.3, -0.25) is 4.57 Å². The van der Waals surface area contributed by atoms with Crippen molar-refractivity contribution in [3.8, 4) is 28.1 Å². The first-order valence-electron chi connectivity index (χ1n) is 11.2. The van der Waals surface area contributed by atoms with Crippen LogP contribution in [-0.4, -0.2) is 34.4 Å². The van der Waals surface area contributed by atoms with Gasteiger partial charge in [-0.05, 0) is 43.5 Å². The molecule has 0 saturated heterocycles. The summed E-state index contributed by atoms with van der Waals surface area (Å²) in [5.74, 6) is -1.23. The maximum Gasteiger partial charge on any atom is 0.333 e. The summed E-state index contributed by atoms with van der Waals surface area (Å²) in [4.78, 5) is 18.3. The number of nitrogens with zero attached hydrogens (tertiary/aromatic N) is 1. The summed E-state index contributed by atoms with van der Waals surface area (Å²) in [6, 6.07) is 15.4. The van der Waals surface area contributed by atoms with Crippen molar-refractivity contribution in [2.75, 3.05) is 7.11 Å². The minimum absolute atomic E-state index is 0.152. The van der Waals surface area contributed by atoms with Crippen molar-refractivity contribution >= 4 is 14.0 Å². The summed E-state index contributed by atoms with van der Waals surface area (Å²) in [5, 5.41) is 8.46. The van der Waals surface area contributed by atoms with Crippen molar-refractivity contribution < 1.29 is 28.1 Å². The fraction of sp³-hybridized carbons (Fsp3) is 0.259. The van der Waals surface area contributed by atoms with Crippen LogP contribution in [0.5, 0.6) is 5.75 Å². The monoisotopic (exact) mass is 497 g/mol. The van der Waals surface area contributed by atoms with Gasteiger partial charge < -0.3 is 14.4 Å². The van der Waals surface area contributed by atoms with Crippen LogP contribution in [-0.2, 0) is 20.3 Å². The number of rotatable bonds is 9. The van der Waals surface area contributed by atoms with E-state index in [1.165, 1.54) is 26.2 Å². The van der Waals surface area contributed by atoms with Gasteiger partial charge in [-0.15, -0.1) is 6.58 Å². The lowest BCUT2D eigenvalue weighted by molar-refractivity contribution is -0.138. The molecule has 1 aromatic heterocycles. The number of halogens is 1. The van der Waals surface area contributed by atoms with Crippen molar-refractivity contribution in [3.63, 3.8) is 0 Å². The molecular formula is C27H29FNO5P. The Labute approximate surface area is 205 Å². The van der Waals surface area contributed by atoms with E-state index in [0.717, 1.165) is 11.6 Å². The van der Waals surface area contributed by atoms with E-state index in [0.29, 0.717) is 34.5 Å². The number of pyridine rings is 1. The zero-order valence-corrected chi connectivity index (χ0v) is 21.2. The average Bonchev–Trinajstić information content (AvgIpc) is 2.86. The van der Waals surface area contributed by atoms with Gasteiger partial charge in [0.25, 0.3) is 0 Å². The van der Waals surface area contributed by atoms with Gasteiger partial charge in [0.15, 0.2) is 10.9 Å². The van der Waals surface area contributed by atoms with Gasteiger partial charge >= 0.3 is 5.97 Å². The lowest BCUT2D eigenvalue weighted by Crippen LogP contribution is -2.46. The van der Waals surface area contributed by atoms with E-state index < -0.39 is 31.1 Å². The number of aryl methyl sites for hydroxylation is 1. The Kier molecular flexibility index (Phi) is 8.39. The fourth-order valence-corrected chi connectivity index (χ4v) is 5.06. The first kappa shape index (κ1) is 26.5. The molecule has 0 bridgehead atoms. The molecule has 3 rings (SSSR count). The van der Waals surface area contributed by atoms with Crippen LogP contribution in [0.15, 0.2) is 67.3 Å². The molecule has 184 valence electrons. The first-order chi connectivity index (χ1) is 16.7. The zero-order valence-electron chi connectivity index (χ0n) is 20.2. The molecule has 35 heavy (non-hydrogen) atoms. The Morgan fingerprint density at radius 2 is 1.83 bits per heavy atom. The fourth-order valence-electron chi connectivity index (χ4n) is 4.00. The summed E-state index contributed by atoms with van der Waals surface area (Å²) >= 11 is 0. The number of ether oxygens (including phenoxy) is 1. The van der Waals surface area contributed by atoms with Crippen molar-refractivity contribution in [2.45, 2.75) is 38.5 Å². The number of hydrogen-bond acceptors (Lipinski definition) is 6. The van der Waals surface area contributed by atoms with Crippen molar-refractivity contribution in [2.24, 2.45) is 0 Å². The highest BCUT2D eigenvalue weighted by atomic mass is 31.1. The smallest absolute Gasteiger partial charge is 0.333 e. The highest BCUT2D eigenvalue weighted by Gasteiger charge is 2.49. The Hall–Kier alpha value is -3.12. The molecule has 8 heteroatoms. The molecule has 3 aromatic rings. The van der Waals surface area contributed by atoms with Gasteiger partial charge in [0, 0.05) is 18.2 Å². The van der Waals surface area contributed by atoms with Gasteiger partial charge in [0.2, 0.25) is 8.03 Å². The van der Waals surface area contributed by atoms with E-state index in [1.807, 2.05) is 44.2 Å². The molecule has 1 heterocycles. The second-order valence-corrected chi connectivity index (χ2v) is 9.90. The zero-order chi connectivity index (χ0) is 25.8. The van der Waals surface area contributed by atoms with Gasteiger partial charge in [-0.2, -0.15) is 0 Å². The van der Waals surface area contributed by atoms with E-state index >= 15 is 0 Å². The second kappa shape index (κ2) is 11.1.